The van der Waals surface area contributed by atoms with Crippen LogP contribution in [-0.2, 0) is 22.6 Å². The second-order valence-corrected chi connectivity index (χ2v) is 9.74. The summed E-state index contributed by atoms with van der Waals surface area (Å²) in [5.41, 5.74) is 1.44. The van der Waals surface area contributed by atoms with Gasteiger partial charge in [-0.1, -0.05) is 6.07 Å². The maximum absolute atomic E-state index is 13.4. The molecule has 3 fully saturated rings. The number of pyridine rings is 1. The van der Waals surface area contributed by atoms with Crippen LogP contribution in [0.15, 0.2) is 16.9 Å². The number of aromatic nitrogens is 1. The Bertz CT molecular complexity index is 854. The highest BCUT2D eigenvalue weighted by Gasteiger charge is 2.45. The molecule has 1 N–H and O–H groups in total. The van der Waals surface area contributed by atoms with E-state index in [0.717, 1.165) is 37.3 Å². The molecule has 0 spiro atoms. The molecule has 2 bridgehead atoms. The van der Waals surface area contributed by atoms with Gasteiger partial charge in [0.2, 0.25) is 5.91 Å². The molecule has 1 aromatic rings. The Labute approximate surface area is 177 Å². The van der Waals surface area contributed by atoms with E-state index in [2.05, 4.69) is 11.0 Å². The highest BCUT2D eigenvalue weighted by molar-refractivity contribution is 5.83. The van der Waals surface area contributed by atoms with E-state index in [1.54, 1.807) is 0 Å². The number of nitrogens with zero attached hydrogens (tertiary/aromatic N) is 3. The summed E-state index contributed by atoms with van der Waals surface area (Å²) < 4.78 is 7.42. The molecule has 0 unspecified atom stereocenters. The summed E-state index contributed by atoms with van der Waals surface area (Å²) in [6.07, 6.45) is 4.65. The molecule has 1 amide bonds. The first-order chi connectivity index (χ1) is 14.6. The van der Waals surface area contributed by atoms with Crippen molar-refractivity contribution in [2.24, 2.45) is 11.3 Å². The van der Waals surface area contributed by atoms with Crippen LogP contribution in [0.4, 0.5) is 0 Å². The highest BCUT2D eigenvalue weighted by atomic mass is 16.5. The zero-order valence-electron chi connectivity index (χ0n) is 17.7. The number of ether oxygens (including phenoxy) is 1. The molecule has 164 valence electrons. The molecule has 0 aliphatic carbocycles. The van der Waals surface area contributed by atoms with Crippen LogP contribution in [0.1, 0.15) is 49.3 Å². The number of fused-ring (bicyclic) bond motifs is 4. The van der Waals surface area contributed by atoms with E-state index in [1.165, 1.54) is 12.8 Å². The summed E-state index contributed by atoms with van der Waals surface area (Å²) in [6, 6.07) is 4.14. The first-order valence-electron chi connectivity index (χ1n) is 11.5. The maximum Gasteiger partial charge on any atom is 0.255 e. The lowest BCUT2D eigenvalue weighted by atomic mass is 9.77. The average molecular weight is 416 g/mol. The Hall–Kier alpha value is -1.70. The summed E-state index contributed by atoms with van der Waals surface area (Å²) in [5.74, 6) is 0.575. The van der Waals surface area contributed by atoms with E-state index in [-0.39, 0.29) is 24.0 Å². The van der Waals surface area contributed by atoms with Crippen molar-refractivity contribution in [1.29, 1.82) is 0 Å². The largest absolute Gasteiger partial charge is 0.395 e. The van der Waals surface area contributed by atoms with Gasteiger partial charge in [-0.15, -0.1) is 0 Å². The summed E-state index contributed by atoms with van der Waals surface area (Å²) in [7, 11) is 0. The van der Waals surface area contributed by atoms with Crippen LogP contribution in [0.5, 0.6) is 0 Å². The predicted molar refractivity (Wildman–Crippen MR) is 112 cm³/mol. The number of carbonyl (C=O) groups is 1. The van der Waals surface area contributed by atoms with E-state index in [0.29, 0.717) is 51.6 Å². The highest BCUT2D eigenvalue weighted by Crippen LogP contribution is 2.39. The second kappa shape index (κ2) is 8.09. The van der Waals surface area contributed by atoms with Crippen molar-refractivity contribution < 1.29 is 14.6 Å². The van der Waals surface area contributed by atoms with Gasteiger partial charge in [-0.05, 0) is 57.2 Å². The zero-order chi connectivity index (χ0) is 20.7. The third kappa shape index (κ3) is 3.51. The van der Waals surface area contributed by atoms with Gasteiger partial charge in [0.25, 0.3) is 5.56 Å². The number of hydrogen-bond donors (Lipinski definition) is 1. The summed E-state index contributed by atoms with van der Waals surface area (Å²) in [5, 5.41) is 10.0. The van der Waals surface area contributed by atoms with Crippen molar-refractivity contribution in [3.05, 3.63) is 33.7 Å². The van der Waals surface area contributed by atoms with Gasteiger partial charge in [0, 0.05) is 56.6 Å². The van der Waals surface area contributed by atoms with Crippen molar-refractivity contribution >= 4 is 5.91 Å². The number of carbonyl (C=O) groups excluding carboxylic acids is 1. The SMILES string of the molecule is O=C(N1C[C@@H]2C[C@H](C1)c1ccc(CN3CCCC3)c(=O)n1C2)C1(CO)CCOCC1. The number of piperidine rings is 1. The van der Waals surface area contributed by atoms with E-state index < -0.39 is 5.41 Å². The number of hydrogen-bond acceptors (Lipinski definition) is 5. The monoisotopic (exact) mass is 415 g/mol. The predicted octanol–water partition coefficient (Wildman–Crippen LogP) is 1.18. The Morgan fingerprint density at radius 2 is 1.90 bits per heavy atom. The van der Waals surface area contributed by atoms with Crippen molar-refractivity contribution in [3.8, 4) is 0 Å². The number of likely N-dealkylation sites (tertiary alicyclic amines) is 2. The molecule has 3 saturated heterocycles. The van der Waals surface area contributed by atoms with Crippen LogP contribution in [-0.4, -0.2) is 71.4 Å². The topological polar surface area (TPSA) is 75.0 Å². The van der Waals surface area contributed by atoms with Crippen LogP contribution in [0, 0.1) is 11.3 Å². The molecule has 0 radical (unpaired) electrons. The third-order valence-electron chi connectivity index (χ3n) is 7.77. The van der Waals surface area contributed by atoms with E-state index in [9.17, 15) is 14.7 Å². The molecule has 4 aliphatic heterocycles. The van der Waals surface area contributed by atoms with Crippen LogP contribution >= 0.6 is 0 Å². The van der Waals surface area contributed by atoms with Gasteiger partial charge in [0.15, 0.2) is 0 Å². The summed E-state index contributed by atoms with van der Waals surface area (Å²) in [4.78, 5) is 30.9. The number of amides is 1. The summed E-state index contributed by atoms with van der Waals surface area (Å²) >= 11 is 0. The Morgan fingerprint density at radius 3 is 2.63 bits per heavy atom. The fourth-order valence-corrected chi connectivity index (χ4v) is 6.00. The van der Waals surface area contributed by atoms with Crippen LogP contribution < -0.4 is 5.56 Å². The molecule has 0 aromatic carbocycles. The molecule has 4 aliphatic rings. The van der Waals surface area contributed by atoms with Gasteiger partial charge in [0.1, 0.15) is 0 Å². The third-order valence-corrected chi connectivity index (χ3v) is 7.77. The number of rotatable bonds is 4. The molecule has 5 heterocycles. The quantitative estimate of drug-likeness (QED) is 0.799. The molecule has 2 atom stereocenters. The fraction of sp³-hybridized carbons (Fsp3) is 0.739. The minimum absolute atomic E-state index is 0.0736. The molecule has 0 saturated carbocycles. The molecular formula is C23H33N3O4. The standard InChI is InChI=1S/C23H33N3O4/c27-16-23(5-9-30-10-6-23)22(29)25-12-17-11-19(15-25)20-4-3-18(21(28)26(20)13-17)14-24-7-1-2-8-24/h3-4,17,19,27H,1-2,5-16H2/t17-,19+/m0/s1. The van der Waals surface area contributed by atoms with E-state index in [1.807, 2.05) is 15.5 Å². The first kappa shape index (κ1) is 20.2. The Morgan fingerprint density at radius 1 is 1.13 bits per heavy atom. The Kier molecular flexibility index (Phi) is 5.45. The second-order valence-electron chi connectivity index (χ2n) is 9.74. The maximum atomic E-state index is 13.4. The Balaban J connectivity index is 1.36. The lowest BCUT2D eigenvalue weighted by molar-refractivity contribution is -0.154. The molecule has 7 heteroatoms. The van der Waals surface area contributed by atoms with Gasteiger partial charge in [0.05, 0.1) is 12.0 Å². The van der Waals surface area contributed by atoms with Crippen molar-refractivity contribution in [1.82, 2.24) is 14.4 Å². The zero-order valence-corrected chi connectivity index (χ0v) is 17.7. The minimum atomic E-state index is -0.691. The van der Waals surface area contributed by atoms with Gasteiger partial charge in [-0.3, -0.25) is 14.5 Å². The number of aliphatic hydroxyl groups is 1. The van der Waals surface area contributed by atoms with Gasteiger partial charge < -0.3 is 19.3 Å². The molecule has 30 heavy (non-hydrogen) atoms. The van der Waals surface area contributed by atoms with Crippen molar-refractivity contribution in [3.63, 3.8) is 0 Å². The van der Waals surface area contributed by atoms with Crippen molar-refractivity contribution in [2.45, 2.75) is 51.1 Å². The smallest absolute Gasteiger partial charge is 0.255 e. The van der Waals surface area contributed by atoms with Crippen LogP contribution in [0.25, 0.3) is 0 Å². The minimum Gasteiger partial charge on any atom is -0.395 e. The molecular weight excluding hydrogens is 382 g/mol. The van der Waals surface area contributed by atoms with Crippen LogP contribution in [0.2, 0.25) is 0 Å². The van der Waals surface area contributed by atoms with Crippen LogP contribution in [0.3, 0.4) is 0 Å². The lowest BCUT2D eigenvalue weighted by Gasteiger charge is -2.46. The van der Waals surface area contributed by atoms with Gasteiger partial charge in [-0.25, -0.2) is 0 Å². The van der Waals surface area contributed by atoms with Gasteiger partial charge in [-0.2, -0.15) is 0 Å². The van der Waals surface area contributed by atoms with E-state index >= 15 is 0 Å². The molecule has 1 aromatic heterocycles. The van der Waals surface area contributed by atoms with Gasteiger partial charge >= 0.3 is 0 Å². The lowest BCUT2D eigenvalue weighted by Crippen LogP contribution is -2.55. The normalized spacial score (nSPS) is 28.4. The molecule has 5 rings (SSSR count). The first-order valence-corrected chi connectivity index (χ1v) is 11.5. The number of aliphatic hydroxyl groups excluding tert-OH is 1. The average Bonchev–Trinajstić information content (AvgIpc) is 3.29. The summed E-state index contributed by atoms with van der Waals surface area (Å²) in [6.45, 7) is 5.88. The van der Waals surface area contributed by atoms with E-state index in [4.69, 9.17) is 4.74 Å². The fourth-order valence-electron chi connectivity index (χ4n) is 6.00. The van der Waals surface area contributed by atoms with Crippen molar-refractivity contribution in [2.75, 3.05) is 46.0 Å². The molecule has 7 nitrogen and oxygen atoms in total.